The van der Waals surface area contributed by atoms with E-state index in [0.29, 0.717) is 6.54 Å². The number of aryl methyl sites for hydroxylation is 1. The van der Waals surface area contributed by atoms with Crippen LogP contribution in [0.25, 0.3) is 0 Å². The molecule has 1 heterocycles. The van der Waals surface area contributed by atoms with E-state index in [9.17, 15) is 0 Å². The summed E-state index contributed by atoms with van der Waals surface area (Å²) in [4.78, 5) is 0. The minimum atomic E-state index is -0.250. The Morgan fingerprint density at radius 3 is 2.71 bits per heavy atom. The van der Waals surface area contributed by atoms with Gasteiger partial charge in [0.15, 0.2) is 0 Å². The van der Waals surface area contributed by atoms with Gasteiger partial charge in [0.25, 0.3) is 0 Å². The van der Waals surface area contributed by atoms with Crippen molar-refractivity contribution < 1.29 is 10.2 Å². The highest BCUT2D eigenvalue weighted by molar-refractivity contribution is 5.03. The van der Waals surface area contributed by atoms with Gasteiger partial charge in [-0.25, -0.2) is 0 Å². The first-order valence-electron chi connectivity index (χ1n) is 4.76. The van der Waals surface area contributed by atoms with E-state index in [1.807, 2.05) is 17.8 Å². The first-order chi connectivity index (χ1) is 6.80. The van der Waals surface area contributed by atoms with E-state index in [1.165, 1.54) is 0 Å². The summed E-state index contributed by atoms with van der Waals surface area (Å²) in [6.45, 7) is 3.38. The Bertz CT molecular complexity index is 258. The van der Waals surface area contributed by atoms with E-state index in [4.69, 9.17) is 10.2 Å². The molecule has 0 saturated carbocycles. The number of nitrogens with one attached hydrogen (secondary N) is 1. The molecule has 1 rings (SSSR count). The van der Waals surface area contributed by atoms with Crippen molar-refractivity contribution in [3.05, 3.63) is 18.0 Å². The molecule has 0 aliphatic heterocycles. The zero-order chi connectivity index (χ0) is 10.4. The van der Waals surface area contributed by atoms with Crippen molar-refractivity contribution in [2.75, 3.05) is 13.2 Å². The minimum Gasteiger partial charge on any atom is -0.395 e. The predicted molar refractivity (Wildman–Crippen MR) is 52.7 cm³/mol. The van der Waals surface area contributed by atoms with Crippen LogP contribution in [0.5, 0.6) is 0 Å². The molecule has 1 aromatic rings. The lowest BCUT2D eigenvalue weighted by Gasteiger charge is -2.11. The summed E-state index contributed by atoms with van der Waals surface area (Å²) in [5, 5.41) is 24.8. The highest BCUT2D eigenvalue weighted by Crippen LogP contribution is 1.97. The van der Waals surface area contributed by atoms with Crippen molar-refractivity contribution in [2.45, 2.75) is 26.1 Å². The number of aliphatic hydroxyl groups is 2. The third-order valence-electron chi connectivity index (χ3n) is 2.05. The van der Waals surface area contributed by atoms with E-state index in [-0.39, 0.29) is 19.3 Å². The van der Waals surface area contributed by atoms with E-state index >= 15 is 0 Å². The maximum absolute atomic E-state index is 8.81. The molecular formula is C9H17N3O2. The van der Waals surface area contributed by atoms with Gasteiger partial charge in [-0.3, -0.25) is 4.68 Å². The maximum atomic E-state index is 8.81. The van der Waals surface area contributed by atoms with Gasteiger partial charge in [0.1, 0.15) is 0 Å². The summed E-state index contributed by atoms with van der Waals surface area (Å²) in [6.07, 6.45) is 3.72. The molecule has 0 atom stereocenters. The van der Waals surface area contributed by atoms with E-state index in [0.717, 1.165) is 12.1 Å². The van der Waals surface area contributed by atoms with E-state index < -0.39 is 0 Å². The van der Waals surface area contributed by atoms with Crippen LogP contribution in [0.15, 0.2) is 12.4 Å². The Labute approximate surface area is 83.4 Å². The molecular weight excluding hydrogens is 182 g/mol. The molecule has 0 spiro atoms. The fourth-order valence-corrected chi connectivity index (χ4v) is 1.12. The Morgan fingerprint density at radius 2 is 2.21 bits per heavy atom. The zero-order valence-corrected chi connectivity index (χ0v) is 8.35. The van der Waals surface area contributed by atoms with Gasteiger partial charge in [0, 0.05) is 24.8 Å². The second kappa shape index (κ2) is 5.74. The summed E-state index contributed by atoms with van der Waals surface area (Å²) in [5.41, 5.74) is 1.05. The summed E-state index contributed by atoms with van der Waals surface area (Å²) < 4.78 is 1.84. The molecule has 3 N–H and O–H groups in total. The van der Waals surface area contributed by atoms with Gasteiger partial charge >= 0.3 is 0 Å². The van der Waals surface area contributed by atoms with Crippen molar-refractivity contribution in [1.29, 1.82) is 0 Å². The molecule has 14 heavy (non-hydrogen) atoms. The van der Waals surface area contributed by atoms with Crippen LogP contribution >= 0.6 is 0 Å². The van der Waals surface area contributed by atoms with E-state index in [1.54, 1.807) is 6.20 Å². The van der Waals surface area contributed by atoms with Crippen molar-refractivity contribution in [1.82, 2.24) is 15.1 Å². The van der Waals surface area contributed by atoms with Crippen LogP contribution in [0.3, 0.4) is 0 Å². The SMILES string of the molecule is CCn1cc(CNC(CO)CO)cn1. The molecule has 0 amide bonds. The van der Waals surface area contributed by atoms with Gasteiger partial charge in [-0.1, -0.05) is 0 Å². The molecule has 5 nitrogen and oxygen atoms in total. The summed E-state index contributed by atoms with van der Waals surface area (Å²) >= 11 is 0. The van der Waals surface area contributed by atoms with Crippen molar-refractivity contribution >= 4 is 0 Å². The standard InChI is InChI=1S/C9H17N3O2/c1-2-12-5-8(4-11-12)3-10-9(6-13)7-14/h4-5,9-10,13-14H,2-3,6-7H2,1H3. The Morgan fingerprint density at radius 1 is 1.50 bits per heavy atom. The van der Waals surface area contributed by atoms with Crippen molar-refractivity contribution in [3.8, 4) is 0 Å². The van der Waals surface area contributed by atoms with Crippen LogP contribution < -0.4 is 5.32 Å². The summed E-state index contributed by atoms with van der Waals surface area (Å²) in [5.74, 6) is 0. The highest BCUT2D eigenvalue weighted by Gasteiger charge is 2.05. The Hall–Kier alpha value is -0.910. The number of aliphatic hydroxyl groups excluding tert-OH is 2. The van der Waals surface area contributed by atoms with Crippen LogP contribution in [0.2, 0.25) is 0 Å². The summed E-state index contributed by atoms with van der Waals surface area (Å²) in [7, 11) is 0. The number of rotatable bonds is 6. The lowest BCUT2D eigenvalue weighted by atomic mass is 10.3. The highest BCUT2D eigenvalue weighted by atomic mass is 16.3. The fraction of sp³-hybridized carbons (Fsp3) is 0.667. The lowest BCUT2D eigenvalue weighted by molar-refractivity contribution is 0.170. The maximum Gasteiger partial charge on any atom is 0.0607 e. The number of hydrogen-bond donors (Lipinski definition) is 3. The van der Waals surface area contributed by atoms with Gasteiger partial charge in [-0.2, -0.15) is 5.10 Å². The lowest BCUT2D eigenvalue weighted by Crippen LogP contribution is -2.35. The molecule has 0 aliphatic rings. The molecule has 0 bridgehead atoms. The van der Waals surface area contributed by atoms with Gasteiger partial charge < -0.3 is 15.5 Å². The van der Waals surface area contributed by atoms with Gasteiger partial charge in [-0.05, 0) is 6.92 Å². The Kier molecular flexibility index (Phi) is 4.58. The van der Waals surface area contributed by atoms with Crippen molar-refractivity contribution in [2.24, 2.45) is 0 Å². The normalized spacial score (nSPS) is 11.1. The van der Waals surface area contributed by atoms with Gasteiger partial charge in [0.05, 0.1) is 25.5 Å². The quantitative estimate of drug-likeness (QED) is 0.569. The predicted octanol–water partition coefficient (Wildman–Crippen LogP) is -0.654. The van der Waals surface area contributed by atoms with Crippen LogP contribution in [-0.4, -0.2) is 39.2 Å². The number of hydrogen-bond acceptors (Lipinski definition) is 4. The molecule has 0 saturated heterocycles. The molecule has 80 valence electrons. The number of nitrogens with zero attached hydrogens (tertiary/aromatic N) is 2. The van der Waals surface area contributed by atoms with E-state index in [2.05, 4.69) is 10.4 Å². The van der Waals surface area contributed by atoms with Gasteiger partial charge in [-0.15, -0.1) is 0 Å². The molecule has 0 aromatic carbocycles. The van der Waals surface area contributed by atoms with Crippen LogP contribution in [0.4, 0.5) is 0 Å². The van der Waals surface area contributed by atoms with Crippen LogP contribution in [-0.2, 0) is 13.1 Å². The third kappa shape index (κ3) is 3.10. The molecule has 5 heteroatoms. The fourth-order valence-electron chi connectivity index (χ4n) is 1.12. The monoisotopic (exact) mass is 199 g/mol. The molecule has 0 fully saturated rings. The molecule has 0 unspecified atom stereocenters. The first kappa shape index (κ1) is 11.2. The second-order valence-electron chi connectivity index (χ2n) is 3.15. The molecule has 0 radical (unpaired) electrons. The largest absolute Gasteiger partial charge is 0.395 e. The topological polar surface area (TPSA) is 70.3 Å². The minimum absolute atomic E-state index is 0.0571. The molecule has 0 aliphatic carbocycles. The Balaban J connectivity index is 2.37. The van der Waals surface area contributed by atoms with Crippen LogP contribution in [0.1, 0.15) is 12.5 Å². The van der Waals surface area contributed by atoms with Gasteiger partial charge in [0.2, 0.25) is 0 Å². The average molecular weight is 199 g/mol. The zero-order valence-electron chi connectivity index (χ0n) is 8.35. The second-order valence-corrected chi connectivity index (χ2v) is 3.15. The third-order valence-corrected chi connectivity index (χ3v) is 2.05. The summed E-state index contributed by atoms with van der Waals surface area (Å²) in [6, 6.07) is -0.250. The molecule has 1 aromatic heterocycles. The smallest absolute Gasteiger partial charge is 0.0607 e. The van der Waals surface area contributed by atoms with Crippen molar-refractivity contribution in [3.63, 3.8) is 0 Å². The first-order valence-corrected chi connectivity index (χ1v) is 4.76. The number of aromatic nitrogens is 2. The van der Waals surface area contributed by atoms with Crippen LogP contribution in [0, 0.1) is 0 Å². The average Bonchev–Trinajstić information content (AvgIpc) is 2.67.